The van der Waals surface area contributed by atoms with Crippen molar-refractivity contribution < 1.29 is 34.8 Å². The molecule has 2 saturated carbocycles. The van der Waals surface area contributed by atoms with Gasteiger partial charge in [-0.25, -0.2) is 0 Å². The van der Waals surface area contributed by atoms with E-state index in [2.05, 4.69) is 58.9 Å². The van der Waals surface area contributed by atoms with Crippen molar-refractivity contribution in [2.75, 3.05) is 26.8 Å². The molecule has 336 valence electrons. The molecule has 0 aromatic heterocycles. The third kappa shape index (κ3) is 10.2. The van der Waals surface area contributed by atoms with Crippen molar-refractivity contribution in [2.24, 2.45) is 34.8 Å². The number of phenolic OH excluding ortho intramolecular Hbond substituents is 1. The summed E-state index contributed by atoms with van der Waals surface area (Å²) in [7, 11) is 1.51. The van der Waals surface area contributed by atoms with Crippen LogP contribution in [0, 0.1) is 40.9 Å². The number of nitrogens with one attached hydrogen (secondary N) is 2. The number of piperidine rings is 1. The molecule has 10 unspecified atom stereocenters. The number of aliphatic hydroxyl groups is 3. The standard InChI is InChI=1S/C53H67N3O7/c1-63-49-27-39-12-15-50(61)53(19-16-33(24-51(53)62)23-36(7-4-22-57)42-26-41-11-14-44(59)30-47(41)56-32-42)20-17-35(46(39)31-48(49)60)10-13-43(58)29-45(40-18-21-55-52(54)28-40)38-9-8-34-5-2-3-6-37(34)25-38/h2-3,5-6,8-9,18,25,27-28,31,33,35-36,41-43,45,47,51,55-58,60,62H,4,7,10-16,19,21-24,26,29-30,32,54H2,1H3. The van der Waals surface area contributed by atoms with Crippen LogP contribution in [0.3, 0.4) is 0 Å². The molecule has 1 spiro atoms. The second kappa shape index (κ2) is 20.0. The fourth-order valence-corrected chi connectivity index (χ4v) is 11.8. The number of nitrogens with two attached hydrogens (primary N) is 1. The lowest BCUT2D eigenvalue weighted by Gasteiger charge is -2.44. The molecule has 10 atom stereocenters. The lowest BCUT2D eigenvalue weighted by molar-refractivity contribution is -0.134. The fourth-order valence-electron chi connectivity index (χ4n) is 11.8. The monoisotopic (exact) mass is 857 g/mol. The van der Waals surface area contributed by atoms with Gasteiger partial charge < -0.3 is 41.5 Å². The summed E-state index contributed by atoms with van der Waals surface area (Å²) in [6, 6.07) is 18.5. The lowest BCUT2D eigenvalue weighted by Crippen LogP contribution is -2.50. The molecule has 8 rings (SSSR count). The summed E-state index contributed by atoms with van der Waals surface area (Å²) in [5.74, 6) is 9.21. The average Bonchev–Trinajstić information content (AvgIpc) is 3.34. The van der Waals surface area contributed by atoms with Crippen molar-refractivity contribution in [2.45, 2.75) is 126 Å². The highest BCUT2D eigenvalue weighted by molar-refractivity contribution is 5.89. The van der Waals surface area contributed by atoms with Crippen LogP contribution in [0.15, 0.2) is 78.1 Å². The van der Waals surface area contributed by atoms with Crippen molar-refractivity contribution in [3.05, 3.63) is 94.8 Å². The largest absolute Gasteiger partial charge is 0.504 e. The van der Waals surface area contributed by atoms with Gasteiger partial charge in [0.2, 0.25) is 0 Å². The molecule has 1 saturated heterocycles. The number of rotatable bonds is 14. The number of aliphatic hydroxyl groups excluding tert-OH is 3. The van der Waals surface area contributed by atoms with Gasteiger partial charge in [-0.2, -0.15) is 0 Å². The Kier molecular flexibility index (Phi) is 14.3. The van der Waals surface area contributed by atoms with E-state index in [1.807, 2.05) is 24.3 Å². The quantitative estimate of drug-likeness (QED) is 0.0831. The summed E-state index contributed by atoms with van der Waals surface area (Å²) in [5.41, 5.74) is 8.91. The topological polar surface area (TPSA) is 174 Å². The Balaban J connectivity index is 1.01. The van der Waals surface area contributed by atoms with Crippen molar-refractivity contribution in [1.29, 1.82) is 0 Å². The van der Waals surface area contributed by atoms with E-state index in [4.69, 9.17) is 10.5 Å². The molecule has 2 aliphatic heterocycles. The number of methoxy groups -OCH3 is 1. The van der Waals surface area contributed by atoms with E-state index < -0.39 is 23.5 Å². The first-order chi connectivity index (χ1) is 30.5. The Morgan fingerprint density at radius 2 is 1.86 bits per heavy atom. The number of Topliss-reactive ketones (excluding diaryl/α,β-unsaturated/α-hetero) is 2. The van der Waals surface area contributed by atoms with Crippen LogP contribution in [-0.4, -0.2) is 77.0 Å². The average molecular weight is 858 g/mol. The highest BCUT2D eigenvalue weighted by atomic mass is 16.5. The number of hydrogen-bond donors (Lipinski definition) is 7. The summed E-state index contributed by atoms with van der Waals surface area (Å²) in [6.07, 6.45) is 12.1. The van der Waals surface area contributed by atoms with Gasteiger partial charge in [-0.15, -0.1) is 0 Å². The molecule has 8 N–H and O–H groups in total. The van der Waals surface area contributed by atoms with E-state index >= 15 is 0 Å². The molecule has 0 bridgehead atoms. The van der Waals surface area contributed by atoms with Crippen molar-refractivity contribution in [3.8, 4) is 23.3 Å². The third-order valence-corrected chi connectivity index (χ3v) is 15.4. The number of phenols is 1. The Morgan fingerprint density at radius 3 is 2.65 bits per heavy atom. The number of ketones is 2. The van der Waals surface area contributed by atoms with Crippen LogP contribution >= 0.6 is 0 Å². The van der Waals surface area contributed by atoms with Gasteiger partial charge in [0.1, 0.15) is 11.2 Å². The maximum Gasteiger partial charge on any atom is 0.160 e. The molecular formula is C53H67N3O7. The number of dihydropyridines is 1. The number of carbonyl (C=O) groups excluding carboxylic acids is 2. The molecule has 3 aliphatic carbocycles. The summed E-state index contributed by atoms with van der Waals surface area (Å²) >= 11 is 0. The van der Waals surface area contributed by atoms with E-state index in [0.717, 1.165) is 78.1 Å². The molecular weight excluding hydrogens is 791 g/mol. The van der Waals surface area contributed by atoms with E-state index in [-0.39, 0.29) is 42.4 Å². The van der Waals surface area contributed by atoms with E-state index in [9.17, 15) is 30.0 Å². The summed E-state index contributed by atoms with van der Waals surface area (Å²) in [5, 5.41) is 54.1. The van der Waals surface area contributed by atoms with Gasteiger partial charge >= 0.3 is 0 Å². The number of ether oxygens (including phenoxy) is 1. The number of aryl methyl sites for hydroxylation is 1. The molecule has 3 fully saturated rings. The predicted octanol–water partition coefficient (Wildman–Crippen LogP) is 7.07. The zero-order valence-electron chi connectivity index (χ0n) is 36.9. The third-order valence-electron chi connectivity index (χ3n) is 15.4. The lowest BCUT2D eigenvalue weighted by atomic mass is 9.63. The van der Waals surface area contributed by atoms with Gasteiger partial charge in [0.05, 0.1) is 25.1 Å². The van der Waals surface area contributed by atoms with Gasteiger partial charge in [0.25, 0.3) is 0 Å². The smallest absolute Gasteiger partial charge is 0.160 e. The Hall–Kier alpha value is -4.66. The SMILES string of the molecule is COc1cc2c(cc1O)C(CCC(O)CC(C1=CCNC(N)=C1)c1ccc3ccccc3c1)C#CC1(CCC(CC(CCCO)C3CNC4CC(=O)CCC4C3)CC1O)C(=O)CC2. The highest BCUT2D eigenvalue weighted by Gasteiger charge is 2.48. The number of aromatic hydroxyl groups is 1. The van der Waals surface area contributed by atoms with Gasteiger partial charge in [-0.3, -0.25) is 9.59 Å². The molecule has 5 aliphatic rings. The van der Waals surface area contributed by atoms with Gasteiger partial charge in [0.15, 0.2) is 17.3 Å². The molecule has 0 amide bonds. The summed E-state index contributed by atoms with van der Waals surface area (Å²) in [4.78, 5) is 26.6. The molecule has 3 aromatic rings. The first-order valence-electron chi connectivity index (χ1n) is 23.6. The minimum absolute atomic E-state index is 0.000526. The fraction of sp³-hybridized carbons (Fsp3) is 0.547. The van der Waals surface area contributed by atoms with Crippen LogP contribution in [-0.2, 0) is 16.0 Å². The van der Waals surface area contributed by atoms with Crippen LogP contribution in [0.1, 0.15) is 118 Å². The van der Waals surface area contributed by atoms with Crippen LogP contribution in [0.2, 0.25) is 0 Å². The second-order valence-electron chi connectivity index (χ2n) is 19.3. The van der Waals surface area contributed by atoms with Gasteiger partial charge in [-0.05, 0) is 159 Å². The van der Waals surface area contributed by atoms with Crippen molar-refractivity contribution >= 4 is 22.3 Å². The molecule has 0 radical (unpaired) electrons. The second-order valence-corrected chi connectivity index (χ2v) is 19.3. The van der Waals surface area contributed by atoms with Crippen LogP contribution < -0.4 is 21.1 Å². The maximum atomic E-state index is 14.4. The number of fused-ring (bicyclic) bond motifs is 3. The predicted molar refractivity (Wildman–Crippen MR) is 246 cm³/mol. The summed E-state index contributed by atoms with van der Waals surface area (Å²) in [6.45, 7) is 1.63. The number of hydrogen-bond acceptors (Lipinski definition) is 10. The van der Waals surface area contributed by atoms with Crippen molar-refractivity contribution in [3.63, 3.8) is 0 Å². The minimum Gasteiger partial charge on any atom is -0.504 e. The first-order valence-corrected chi connectivity index (χ1v) is 23.6. The summed E-state index contributed by atoms with van der Waals surface area (Å²) < 4.78 is 5.52. The zero-order chi connectivity index (χ0) is 44.1. The Bertz CT molecular complexity index is 2260. The molecule has 63 heavy (non-hydrogen) atoms. The van der Waals surface area contributed by atoms with Crippen LogP contribution in [0.5, 0.6) is 11.5 Å². The van der Waals surface area contributed by atoms with Crippen molar-refractivity contribution in [1.82, 2.24) is 10.6 Å². The minimum atomic E-state index is -1.20. The molecule has 3 aromatic carbocycles. The Morgan fingerprint density at radius 1 is 1.02 bits per heavy atom. The normalized spacial score (nSPS) is 28.7. The van der Waals surface area contributed by atoms with Crippen LogP contribution in [0.4, 0.5) is 0 Å². The highest BCUT2D eigenvalue weighted by Crippen LogP contribution is 2.47. The van der Waals surface area contributed by atoms with E-state index in [0.29, 0.717) is 93.0 Å². The first kappa shape index (κ1) is 44.9. The van der Waals surface area contributed by atoms with Gasteiger partial charge in [-0.1, -0.05) is 60.4 Å². The van der Waals surface area contributed by atoms with E-state index in [1.165, 1.54) is 7.11 Å². The Labute approximate surface area is 372 Å². The zero-order valence-corrected chi connectivity index (χ0v) is 36.9. The maximum absolute atomic E-state index is 14.4. The van der Waals surface area contributed by atoms with Crippen LogP contribution in [0.25, 0.3) is 10.8 Å². The number of carbonyl (C=O) groups is 2. The van der Waals surface area contributed by atoms with E-state index in [1.54, 1.807) is 6.07 Å². The molecule has 2 heterocycles. The molecule has 10 nitrogen and oxygen atoms in total. The molecule has 10 heteroatoms. The van der Waals surface area contributed by atoms with Gasteiger partial charge in [0, 0.05) is 50.3 Å². The number of benzene rings is 3. The number of allylic oxidation sites excluding steroid dienone is 2.